The highest BCUT2D eigenvalue weighted by atomic mass is 19.4. The summed E-state index contributed by atoms with van der Waals surface area (Å²) < 4.78 is 53.4. The molecule has 0 spiro atoms. The van der Waals surface area contributed by atoms with Crippen LogP contribution in [0.3, 0.4) is 0 Å². The molecule has 0 aliphatic rings. The van der Waals surface area contributed by atoms with Crippen LogP contribution in [-0.4, -0.2) is 41.9 Å². The first-order valence-corrected chi connectivity index (χ1v) is 7.54. The number of nitrogens with zero attached hydrogens (tertiary/aromatic N) is 2. The number of alkyl halides is 4. The first-order chi connectivity index (χ1) is 12.3. The van der Waals surface area contributed by atoms with Crippen molar-refractivity contribution in [3.8, 4) is 11.4 Å². The lowest BCUT2D eigenvalue weighted by atomic mass is 10.1. The van der Waals surface area contributed by atoms with Gasteiger partial charge in [-0.2, -0.15) is 23.6 Å². The molecule has 1 atom stereocenters. The number of halogens is 4. The second-order valence-corrected chi connectivity index (χ2v) is 5.26. The number of rotatable bonds is 8. The molecule has 142 valence electrons. The Bertz CT molecular complexity index is 718. The van der Waals surface area contributed by atoms with E-state index in [0.29, 0.717) is 5.56 Å². The Kier molecular flexibility index (Phi) is 6.64. The molecule has 1 aromatic heterocycles. The van der Waals surface area contributed by atoms with Crippen LogP contribution >= 0.6 is 0 Å². The minimum absolute atomic E-state index is 0.0914. The first-order valence-electron chi connectivity index (χ1n) is 7.54. The van der Waals surface area contributed by atoms with Crippen molar-refractivity contribution in [2.75, 3.05) is 19.8 Å². The Labute approximate surface area is 145 Å². The Balaban J connectivity index is 1.92. The minimum atomic E-state index is -4.72. The van der Waals surface area contributed by atoms with E-state index < -0.39 is 18.7 Å². The molecule has 0 aliphatic carbocycles. The van der Waals surface area contributed by atoms with E-state index in [0.717, 1.165) is 0 Å². The Morgan fingerprint density at radius 1 is 1.31 bits per heavy atom. The molecular formula is C15H16F4N4O3. The van der Waals surface area contributed by atoms with Crippen molar-refractivity contribution >= 4 is 5.91 Å². The van der Waals surface area contributed by atoms with Crippen LogP contribution in [0, 0.1) is 0 Å². The summed E-state index contributed by atoms with van der Waals surface area (Å²) in [5.41, 5.74) is 3.13. The lowest BCUT2D eigenvalue weighted by molar-refractivity contribution is -0.159. The lowest BCUT2D eigenvalue weighted by Crippen LogP contribution is -2.39. The summed E-state index contributed by atoms with van der Waals surface area (Å²) >= 11 is 0. The zero-order chi connectivity index (χ0) is 19.2. The smallest absolute Gasteiger partial charge is 0.350 e. The monoisotopic (exact) mass is 376 g/mol. The zero-order valence-electron chi connectivity index (χ0n) is 13.6. The number of hydrogen-bond donors (Lipinski definition) is 2. The van der Waals surface area contributed by atoms with Gasteiger partial charge in [-0.15, -0.1) is 0 Å². The van der Waals surface area contributed by atoms with Crippen LogP contribution < -0.4 is 10.8 Å². The van der Waals surface area contributed by atoms with E-state index in [-0.39, 0.29) is 36.5 Å². The Hall–Kier alpha value is -2.53. The van der Waals surface area contributed by atoms with Gasteiger partial charge in [0.25, 0.3) is 5.91 Å². The molecule has 1 heterocycles. The van der Waals surface area contributed by atoms with Crippen LogP contribution in [0.1, 0.15) is 23.2 Å². The van der Waals surface area contributed by atoms with Crippen LogP contribution in [0.4, 0.5) is 17.6 Å². The third-order valence-electron chi connectivity index (χ3n) is 3.11. The van der Waals surface area contributed by atoms with Crippen molar-refractivity contribution in [1.82, 2.24) is 20.9 Å². The number of benzene rings is 1. The first kappa shape index (κ1) is 19.8. The highest BCUT2D eigenvalue weighted by Crippen LogP contribution is 2.29. The van der Waals surface area contributed by atoms with Gasteiger partial charge >= 0.3 is 12.1 Å². The third kappa shape index (κ3) is 5.49. The summed E-state index contributed by atoms with van der Waals surface area (Å²) in [5.74, 6) is -2.06. The van der Waals surface area contributed by atoms with Gasteiger partial charge in [0.2, 0.25) is 5.82 Å². The van der Waals surface area contributed by atoms with Crippen molar-refractivity contribution < 1.29 is 31.7 Å². The average molecular weight is 376 g/mol. The van der Waals surface area contributed by atoms with Gasteiger partial charge in [-0.1, -0.05) is 17.3 Å². The highest BCUT2D eigenvalue weighted by molar-refractivity contribution is 5.94. The number of carbonyl (C=O) groups is 1. The molecule has 26 heavy (non-hydrogen) atoms. The van der Waals surface area contributed by atoms with Crippen molar-refractivity contribution in [3.05, 3.63) is 35.7 Å². The maximum atomic E-state index is 12.5. The fraction of sp³-hybridized carbons (Fsp3) is 0.400. The number of hydrogen-bond acceptors (Lipinski definition) is 6. The van der Waals surface area contributed by atoms with Crippen LogP contribution in [0.15, 0.2) is 28.8 Å². The van der Waals surface area contributed by atoms with Gasteiger partial charge in [-0.25, -0.2) is 4.39 Å². The Morgan fingerprint density at radius 3 is 2.58 bits per heavy atom. The summed E-state index contributed by atoms with van der Waals surface area (Å²) in [6.45, 7) is 1.25. The fourth-order valence-corrected chi connectivity index (χ4v) is 1.86. The third-order valence-corrected chi connectivity index (χ3v) is 3.11. The molecule has 0 bridgehead atoms. The van der Waals surface area contributed by atoms with Crippen LogP contribution in [0.25, 0.3) is 11.4 Å². The van der Waals surface area contributed by atoms with E-state index >= 15 is 0 Å². The van der Waals surface area contributed by atoms with Crippen molar-refractivity contribution in [2.24, 2.45) is 0 Å². The van der Waals surface area contributed by atoms with E-state index in [1.165, 1.54) is 24.3 Å². The van der Waals surface area contributed by atoms with Gasteiger partial charge in [0.1, 0.15) is 6.67 Å². The molecule has 2 N–H and O–H groups in total. The maximum Gasteiger partial charge on any atom is 0.471 e. The summed E-state index contributed by atoms with van der Waals surface area (Å²) in [4.78, 5) is 20.1. The van der Waals surface area contributed by atoms with Gasteiger partial charge in [-0.05, 0) is 19.1 Å². The molecule has 7 nitrogen and oxygen atoms in total. The van der Waals surface area contributed by atoms with Crippen molar-refractivity contribution in [2.45, 2.75) is 19.1 Å². The molecule has 1 amide bonds. The summed E-state index contributed by atoms with van der Waals surface area (Å²) in [6.07, 6.45) is -4.72. The number of hydroxylamine groups is 1. The van der Waals surface area contributed by atoms with Crippen molar-refractivity contribution in [3.63, 3.8) is 0 Å². The largest absolute Gasteiger partial charge is 0.471 e. The second kappa shape index (κ2) is 8.72. The predicted octanol–water partition coefficient (Wildman–Crippen LogP) is 2.36. The van der Waals surface area contributed by atoms with Crippen LogP contribution in [-0.2, 0) is 11.0 Å². The topological polar surface area (TPSA) is 89.3 Å². The molecule has 2 aromatic rings. The summed E-state index contributed by atoms with van der Waals surface area (Å²) in [6, 6.07) is 5.42. The molecule has 0 radical (unpaired) electrons. The fourth-order valence-electron chi connectivity index (χ4n) is 1.86. The number of nitrogens with one attached hydrogen (secondary N) is 2. The molecule has 1 unspecified atom stereocenters. The predicted molar refractivity (Wildman–Crippen MR) is 81.6 cm³/mol. The standard InChI is InChI=1S/C15H16F4N4O3/c1-9(22-25-7-6-16)8-20-13(24)11-4-2-10(3-5-11)12-21-14(26-23-12)15(17,18)19/h2-5,9,22H,6-8H2,1H3,(H,20,24). The molecule has 1 aromatic carbocycles. The molecule has 0 saturated carbocycles. The molecule has 0 saturated heterocycles. The molecular weight excluding hydrogens is 360 g/mol. The van der Waals surface area contributed by atoms with E-state index in [1.807, 2.05) is 0 Å². The van der Waals surface area contributed by atoms with Crippen LogP contribution in [0.5, 0.6) is 0 Å². The van der Waals surface area contributed by atoms with E-state index in [4.69, 9.17) is 4.84 Å². The van der Waals surface area contributed by atoms with Gasteiger partial charge in [-0.3, -0.25) is 9.63 Å². The number of carbonyl (C=O) groups excluding carboxylic acids is 1. The van der Waals surface area contributed by atoms with E-state index in [1.54, 1.807) is 6.92 Å². The number of amides is 1. The minimum Gasteiger partial charge on any atom is -0.350 e. The number of aromatic nitrogens is 2. The molecule has 2 rings (SSSR count). The van der Waals surface area contributed by atoms with E-state index in [2.05, 4.69) is 25.5 Å². The zero-order valence-corrected chi connectivity index (χ0v) is 13.6. The molecule has 0 aliphatic heterocycles. The van der Waals surface area contributed by atoms with Gasteiger partial charge in [0, 0.05) is 23.7 Å². The maximum absolute atomic E-state index is 12.5. The second-order valence-electron chi connectivity index (χ2n) is 5.26. The van der Waals surface area contributed by atoms with E-state index in [9.17, 15) is 22.4 Å². The summed E-state index contributed by atoms with van der Waals surface area (Å²) in [7, 11) is 0. The van der Waals surface area contributed by atoms with Crippen LogP contribution in [0.2, 0.25) is 0 Å². The molecule has 0 fully saturated rings. The normalized spacial score (nSPS) is 12.8. The SMILES string of the molecule is CC(CNC(=O)c1ccc(-c2noc(C(F)(F)F)n2)cc1)NOCCF. The van der Waals surface area contributed by atoms with Gasteiger partial charge < -0.3 is 9.84 Å². The Morgan fingerprint density at radius 2 is 2.00 bits per heavy atom. The quantitative estimate of drug-likeness (QED) is 0.418. The highest BCUT2D eigenvalue weighted by Gasteiger charge is 2.38. The molecule has 11 heteroatoms. The summed E-state index contributed by atoms with van der Waals surface area (Å²) in [5, 5.41) is 5.90. The van der Waals surface area contributed by atoms with Crippen molar-refractivity contribution in [1.29, 1.82) is 0 Å². The average Bonchev–Trinajstić information content (AvgIpc) is 3.10. The van der Waals surface area contributed by atoms with Gasteiger partial charge in [0.15, 0.2) is 0 Å². The lowest BCUT2D eigenvalue weighted by Gasteiger charge is -2.14. The van der Waals surface area contributed by atoms with Gasteiger partial charge in [0.05, 0.1) is 6.61 Å².